The van der Waals surface area contributed by atoms with Crippen LogP contribution in [0.15, 0.2) is 48.5 Å². The quantitative estimate of drug-likeness (QED) is 0.484. The van der Waals surface area contributed by atoms with Crippen LogP contribution >= 0.6 is 0 Å². The Morgan fingerprint density at radius 2 is 1.48 bits per heavy atom. The first kappa shape index (κ1) is 20.1. The van der Waals surface area contributed by atoms with Crippen molar-refractivity contribution in [2.75, 3.05) is 6.61 Å². The van der Waals surface area contributed by atoms with Gasteiger partial charge in [-0.1, -0.05) is 24.3 Å². The Labute approximate surface area is 168 Å². The molecule has 0 radical (unpaired) electrons. The van der Waals surface area contributed by atoms with Crippen LogP contribution in [-0.2, 0) is 4.74 Å². The number of aryl methyl sites for hydroxylation is 1. The number of Topliss-reactive ketones (excluding diaryl/α,β-unsaturated/α-hetero) is 2. The minimum absolute atomic E-state index is 0.124. The van der Waals surface area contributed by atoms with E-state index in [0.29, 0.717) is 22.4 Å². The maximum Gasteiger partial charge on any atom is 0.338 e. The lowest BCUT2D eigenvalue weighted by atomic mass is 10.0. The molecule has 2 N–H and O–H groups in total. The molecule has 0 aliphatic rings. The zero-order chi connectivity index (χ0) is 21.1. The van der Waals surface area contributed by atoms with Crippen molar-refractivity contribution in [1.29, 1.82) is 0 Å². The number of aromatic hydroxyl groups is 1. The first-order chi connectivity index (χ1) is 13.8. The third-order valence-corrected chi connectivity index (χ3v) is 4.72. The largest absolute Gasteiger partial charge is 0.508 e. The van der Waals surface area contributed by atoms with E-state index in [2.05, 4.69) is 4.98 Å². The molecule has 0 fully saturated rings. The summed E-state index contributed by atoms with van der Waals surface area (Å²) in [5.41, 5.74) is 4.06. The monoisotopic (exact) mass is 391 g/mol. The normalized spacial score (nSPS) is 10.6. The molecule has 6 heteroatoms. The minimum atomic E-state index is -0.608. The van der Waals surface area contributed by atoms with Crippen LogP contribution in [0.3, 0.4) is 0 Å². The van der Waals surface area contributed by atoms with Gasteiger partial charge in [0.15, 0.2) is 12.4 Å². The fourth-order valence-electron chi connectivity index (χ4n) is 3.30. The number of ether oxygens (including phenoxy) is 1. The topological polar surface area (TPSA) is 96.5 Å². The van der Waals surface area contributed by atoms with Crippen LogP contribution < -0.4 is 0 Å². The molecule has 1 heterocycles. The van der Waals surface area contributed by atoms with Gasteiger partial charge in [0.1, 0.15) is 5.75 Å². The molecule has 1 aromatic heterocycles. The van der Waals surface area contributed by atoms with Crippen molar-refractivity contribution < 1.29 is 24.2 Å². The van der Waals surface area contributed by atoms with Crippen LogP contribution in [0.1, 0.15) is 49.4 Å². The van der Waals surface area contributed by atoms with E-state index >= 15 is 0 Å². The Kier molecular flexibility index (Phi) is 5.64. The molecular formula is C23H21NO5. The molecule has 6 nitrogen and oxygen atoms in total. The van der Waals surface area contributed by atoms with E-state index in [0.717, 1.165) is 11.1 Å². The number of aromatic amines is 1. The second-order valence-electron chi connectivity index (χ2n) is 6.80. The summed E-state index contributed by atoms with van der Waals surface area (Å²) in [5, 5.41) is 9.36. The SMILES string of the molecule is CC(=O)c1c(C)[nH]c(C(=O)COC(=O)c2ccc(-c3ccc(O)cc3)cc2)c1C. The van der Waals surface area contributed by atoms with Crippen LogP contribution in [0.4, 0.5) is 0 Å². The molecule has 0 amide bonds. The molecular weight excluding hydrogens is 370 g/mol. The van der Waals surface area contributed by atoms with E-state index < -0.39 is 18.4 Å². The summed E-state index contributed by atoms with van der Waals surface area (Å²) in [4.78, 5) is 39.3. The summed E-state index contributed by atoms with van der Waals surface area (Å²) >= 11 is 0. The number of H-pyrrole nitrogens is 1. The van der Waals surface area contributed by atoms with E-state index in [1.54, 1.807) is 62.4 Å². The van der Waals surface area contributed by atoms with Crippen molar-refractivity contribution in [3.8, 4) is 16.9 Å². The van der Waals surface area contributed by atoms with Crippen molar-refractivity contribution in [2.45, 2.75) is 20.8 Å². The van der Waals surface area contributed by atoms with Crippen molar-refractivity contribution in [1.82, 2.24) is 4.98 Å². The maximum absolute atomic E-state index is 12.4. The number of phenolic OH excluding ortho intramolecular Hbond substituents is 1. The van der Waals surface area contributed by atoms with Gasteiger partial charge in [-0.2, -0.15) is 0 Å². The standard InChI is InChI=1S/C23H21NO5/c1-13-21(15(3)25)14(2)24-22(13)20(27)12-29-23(28)18-6-4-16(5-7-18)17-8-10-19(26)11-9-17/h4-11,24,26H,12H2,1-3H3. The highest BCUT2D eigenvalue weighted by Gasteiger charge is 2.21. The molecule has 3 rings (SSSR count). The van der Waals surface area contributed by atoms with Crippen LogP contribution in [-0.4, -0.2) is 34.2 Å². The first-order valence-electron chi connectivity index (χ1n) is 9.08. The lowest BCUT2D eigenvalue weighted by molar-refractivity contribution is 0.0473. The van der Waals surface area contributed by atoms with Crippen molar-refractivity contribution in [3.63, 3.8) is 0 Å². The van der Waals surface area contributed by atoms with Gasteiger partial charge in [-0.25, -0.2) is 4.79 Å². The zero-order valence-electron chi connectivity index (χ0n) is 16.4. The fourth-order valence-corrected chi connectivity index (χ4v) is 3.30. The van der Waals surface area contributed by atoms with E-state index in [-0.39, 0.29) is 17.2 Å². The summed E-state index contributed by atoms with van der Waals surface area (Å²) in [6, 6.07) is 13.5. The zero-order valence-corrected chi connectivity index (χ0v) is 16.4. The number of hydrogen-bond acceptors (Lipinski definition) is 5. The number of phenols is 1. The Hall–Kier alpha value is -3.67. The number of esters is 1. The summed E-state index contributed by atoms with van der Waals surface area (Å²) in [5.74, 6) is -0.946. The second-order valence-corrected chi connectivity index (χ2v) is 6.80. The molecule has 0 saturated carbocycles. The Bertz CT molecular complexity index is 1080. The van der Waals surface area contributed by atoms with Gasteiger partial charge < -0.3 is 14.8 Å². The first-order valence-corrected chi connectivity index (χ1v) is 9.08. The number of rotatable bonds is 6. The van der Waals surface area contributed by atoms with Crippen LogP contribution in [0.5, 0.6) is 5.75 Å². The number of hydrogen-bond donors (Lipinski definition) is 2. The molecule has 29 heavy (non-hydrogen) atoms. The highest BCUT2D eigenvalue weighted by molar-refractivity contribution is 6.04. The van der Waals surface area contributed by atoms with Crippen molar-refractivity contribution in [2.24, 2.45) is 0 Å². The molecule has 0 saturated heterocycles. The van der Waals surface area contributed by atoms with E-state index in [1.807, 2.05) is 0 Å². The Morgan fingerprint density at radius 1 is 0.931 bits per heavy atom. The fraction of sp³-hybridized carbons (Fsp3) is 0.174. The van der Waals surface area contributed by atoms with Gasteiger partial charge in [-0.15, -0.1) is 0 Å². The van der Waals surface area contributed by atoms with E-state index in [4.69, 9.17) is 4.74 Å². The number of benzene rings is 2. The molecule has 3 aromatic rings. The number of aromatic nitrogens is 1. The van der Waals surface area contributed by atoms with Crippen molar-refractivity contribution in [3.05, 3.63) is 76.6 Å². The van der Waals surface area contributed by atoms with E-state index in [9.17, 15) is 19.5 Å². The second kappa shape index (κ2) is 8.14. The summed E-state index contributed by atoms with van der Waals surface area (Å²) in [6.07, 6.45) is 0. The Morgan fingerprint density at radius 3 is 2.00 bits per heavy atom. The van der Waals surface area contributed by atoms with Gasteiger partial charge in [0.2, 0.25) is 5.78 Å². The predicted molar refractivity (Wildman–Crippen MR) is 108 cm³/mol. The highest BCUT2D eigenvalue weighted by Crippen LogP contribution is 2.23. The lowest BCUT2D eigenvalue weighted by Crippen LogP contribution is -2.15. The maximum atomic E-state index is 12.4. The molecule has 0 unspecified atom stereocenters. The lowest BCUT2D eigenvalue weighted by Gasteiger charge is -2.06. The smallest absolute Gasteiger partial charge is 0.338 e. The van der Waals surface area contributed by atoms with Gasteiger partial charge in [-0.05, 0) is 61.7 Å². The van der Waals surface area contributed by atoms with Crippen LogP contribution in [0.2, 0.25) is 0 Å². The summed E-state index contributed by atoms with van der Waals surface area (Å²) in [7, 11) is 0. The van der Waals surface area contributed by atoms with Gasteiger partial charge >= 0.3 is 5.97 Å². The molecule has 0 aliphatic heterocycles. The number of ketones is 2. The summed E-state index contributed by atoms with van der Waals surface area (Å²) < 4.78 is 5.14. The van der Waals surface area contributed by atoms with Gasteiger partial charge in [-0.3, -0.25) is 9.59 Å². The molecule has 0 spiro atoms. The number of carbonyl (C=O) groups is 3. The average Bonchev–Trinajstić information content (AvgIpc) is 3.01. The molecule has 0 atom stereocenters. The van der Waals surface area contributed by atoms with Gasteiger partial charge in [0.25, 0.3) is 0 Å². The van der Waals surface area contributed by atoms with Crippen LogP contribution in [0, 0.1) is 13.8 Å². The molecule has 148 valence electrons. The van der Waals surface area contributed by atoms with Crippen molar-refractivity contribution >= 4 is 17.5 Å². The van der Waals surface area contributed by atoms with E-state index in [1.165, 1.54) is 6.92 Å². The average molecular weight is 391 g/mol. The third kappa shape index (κ3) is 4.27. The molecule has 0 bridgehead atoms. The number of carbonyl (C=O) groups excluding carboxylic acids is 3. The van der Waals surface area contributed by atoms with Gasteiger partial charge in [0.05, 0.1) is 11.3 Å². The van der Waals surface area contributed by atoms with Crippen LogP contribution in [0.25, 0.3) is 11.1 Å². The molecule has 0 aliphatic carbocycles. The number of nitrogens with one attached hydrogen (secondary N) is 1. The molecule has 2 aromatic carbocycles. The Balaban J connectivity index is 1.66. The summed E-state index contributed by atoms with van der Waals surface area (Å²) in [6.45, 7) is 4.44. The predicted octanol–water partition coefficient (Wildman–Crippen LogP) is 4.25. The van der Waals surface area contributed by atoms with Gasteiger partial charge in [0, 0.05) is 11.3 Å². The minimum Gasteiger partial charge on any atom is -0.508 e. The third-order valence-electron chi connectivity index (χ3n) is 4.72. The highest BCUT2D eigenvalue weighted by atomic mass is 16.5.